The molecule has 0 unspecified atom stereocenters. The molecule has 0 aliphatic carbocycles. The fraction of sp³-hybridized carbons (Fsp3) is 0.333. The van der Waals surface area contributed by atoms with Crippen molar-refractivity contribution in [1.82, 2.24) is 15.0 Å². The van der Waals surface area contributed by atoms with Gasteiger partial charge in [0.2, 0.25) is 0 Å². The average molecular weight is 252 g/mol. The number of nitrogens with zero attached hydrogens (tertiary/aromatic N) is 3. The minimum Gasteiger partial charge on any atom is -0.320 e. The number of halogens is 2. The van der Waals surface area contributed by atoms with Gasteiger partial charge in [-0.25, -0.2) is 13.5 Å². The van der Waals surface area contributed by atoms with Crippen molar-refractivity contribution in [1.29, 1.82) is 0 Å². The first-order chi connectivity index (χ1) is 8.34. The summed E-state index contributed by atoms with van der Waals surface area (Å²) >= 11 is 0. The summed E-state index contributed by atoms with van der Waals surface area (Å²) in [7, 11) is 0. The molecule has 0 saturated heterocycles. The van der Waals surface area contributed by atoms with Crippen LogP contribution in [0.25, 0.3) is 0 Å². The second-order valence-electron chi connectivity index (χ2n) is 4.80. The molecule has 0 aliphatic heterocycles. The highest BCUT2D eigenvalue weighted by Gasteiger charge is 2.18. The Morgan fingerprint density at radius 1 is 1.22 bits per heavy atom. The van der Waals surface area contributed by atoms with Crippen LogP contribution in [0.5, 0.6) is 0 Å². The highest BCUT2D eigenvalue weighted by atomic mass is 19.1. The molecule has 6 heteroatoms. The molecule has 2 rings (SSSR count). The molecule has 18 heavy (non-hydrogen) atoms. The lowest BCUT2D eigenvalue weighted by atomic mass is 10.0. The Kier molecular flexibility index (Phi) is 3.13. The van der Waals surface area contributed by atoms with E-state index in [0.29, 0.717) is 11.3 Å². The van der Waals surface area contributed by atoms with E-state index in [4.69, 9.17) is 5.73 Å². The molecule has 4 nitrogen and oxygen atoms in total. The average Bonchev–Trinajstić information content (AvgIpc) is 2.63. The van der Waals surface area contributed by atoms with Crippen LogP contribution in [-0.4, -0.2) is 15.0 Å². The summed E-state index contributed by atoms with van der Waals surface area (Å²) in [6.45, 7) is 3.87. The molecule has 96 valence electrons. The van der Waals surface area contributed by atoms with Crippen LogP contribution in [0.3, 0.4) is 0 Å². The summed E-state index contributed by atoms with van der Waals surface area (Å²) in [4.78, 5) is 0. The van der Waals surface area contributed by atoms with Gasteiger partial charge in [-0.05, 0) is 31.5 Å². The summed E-state index contributed by atoms with van der Waals surface area (Å²) in [6, 6.07) is 3.36. The van der Waals surface area contributed by atoms with Gasteiger partial charge in [0, 0.05) is 6.07 Å². The lowest BCUT2D eigenvalue weighted by Crippen LogP contribution is -2.29. The van der Waals surface area contributed by atoms with Crippen LogP contribution in [0.1, 0.15) is 25.1 Å². The minimum atomic E-state index is -0.607. The molecule has 0 amide bonds. The summed E-state index contributed by atoms with van der Waals surface area (Å²) in [5.74, 6) is -1.21. The van der Waals surface area contributed by atoms with E-state index in [-0.39, 0.29) is 6.54 Å². The van der Waals surface area contributed by atoms with Gasteiger partial charge in [0.15, 0.2) is 0 Å². The normalized spacial score (nSPS) is 11.8. The van der Waals surface area contributed by atoms with Crippen LogP contribution in [0, 0.1) is 11.6 Å². The van der Waals surface area contributed by atoms with Gasteiger partial charge in [0.05, 0.1) is 18.3 Å². The topological polar surface area (TPSA) is 56.7 Å². The van der Waals surface area contributed by atoms with Gasteiger partial charge in [-0.2, -0.15) is 0 Å². The molecular weight excluding hydrogens is 238 g/mol. The van der Waals surface area contributed by atoms with Crippen molar-refractivity contribution in [2.75, 3.05) is 0 Å². The maximum absolute atomic E-state index is 13.0. The molecule has 0 spiro atoms. The smallest absolute Gasteiger partial charge is 0.126 e. The Bertz CT molecular complexity index is 537. The van der Waals surface area contributed by atoms with Gasteiger partial charge in [-0.1, -0.05) is 5.21 Å². The first-order valence-electron chi connectivity index (χ1n) is 5.49. The molecule has 1 aromatic heterocycles. The summed E-state index contributed by atoms with van der Waals surface area (Å²) < 4.78 is 27.5. The van der Waals surface area contributed by atoms with Gasteiger partial charge < -0.3 is 5.73 Å². The van der Waals surface area contributed by atoms with Crippen molar-refractivity contribution in [2.45, 2.75) is 25.9 Å². The third-order valence-electron chi connectivity index (χ3n) is 2.47. The van der Waals surface area contributed by atoms with E-state index in [1.54, 1.807) is 6.20 Å². The zero-order valence-electron chi connectivity index (χ0n) is 10.2. The number of benzene rings is 1. The highest BCUT2D eigenvalue weighted by Crippen LogP contribution is 2.14. The molecule has 2 N–H and O–H groups in total. The molecule has 1 heterocycles. The maximum Gasteiger partial charge on any atom is 0.126 e. The summed E-state index contributed by atoms with van der Waals surface area (Å²) in [5, 5.41) is 7.81. The number of nitrogens with two attached hydrogens (primary N) is 1. The van der Waals surface area contributed by atoms with Crippen LogP contribution >= 0.6 is 0 Å². The third-order valence-corrected chi connectivity index (χ3v) is 2.47. The Morgan fingerprint density at radius 2 is 1.83 bits per heavy atom. The van der Waals surface area contributed by atoms with Gasteiger partial charge in [0.1, 0.15) is 17.3 Å². The lowest BCUT2D eigenvalue weighted by Gasteiger charge is -2.13. The van der Waals surface area contributed by atoms with E-state index in [9.17, 15) is 8.78 Å². The molecule has 2 aromatic rings. The van der Waals surface area contributed by atoms with Gasteiger partial charge in [-0.15, -0.1) is 5.10 Å². The molecule has 0 aliphatic rings. The van der Waals surface area contributed by atoms with Crippen molar-refractivity contribution >= 4 is 0 Å². The van der Waals surface area contributed by atoms with Crippen molar-refractivity contribution < 1.29 is 8.78 Å². The number of hydrogen-bond donors (Lipinski definition) is 1. The first-order valence-corrected chi connectivity index (χ1v) is 5.49. The Balaban J connectivity index is 2.21. The van der Waals surface area contributed by atoms with Crippen LogP contribution < -0.4 is 5.73 Å². The second-order valence-corrected chi connectivity index (χ2v) is 4.80. The standard InChI is InChI=1S/C12H14F2N4/c1-12(2,15)11-7-18(17-16-11)6-8-3-9(13)5-10(14)4-8/h3-5,7H,6,15H2,1-2H3. The Morgan fingerprint density at radius 3 is 2.33 bits per heavy atom. The van der Waals surface area contributed by atoms with E-state index in [1.165, 1.54) is 16.8 Å². The second kappa shape index (κ2) is 4.45. The van der Waals surface area contributed by atoms with E-state index in [2.05, 4.69) is 10.3 Å². The Labute approximate surface area is 103 Å². The van der Waals surface area contributed by atoms with Gasteiger partial charge in [-0.3, -0.25) is 0 Å². The fourth-order valence-corrected chi connectivity index (χ4v) is 1.56. The Hall–Kier alpha value is -1.82. The zero-order chi connectivity index (χ0) is 13.3. The molecule has 1 aromatic carbocycles. The molecule has 0 fully saturated rings. The van der Waals surface area contributed by atoms with Crippen LogP contribution in [0.15, 0.2) is 24.4 Å². The molecule has 0 bridgehead atoms. The first kappa shape index (κ1) is 12.6. The third kappa shape index (κ3) is 2.89. The van der Waals surface area contributed by atoms with Crippen molar-refractivity contribution in [3.05, 3.63) is 47.3 Å². The van der Waals surface area contributed by atoms with Crippen LogP contribution in [-0.2, 0) is 12.1 Å². The van der Waals surface area contributed by atoms with Gasteiger partial charge >= 0.3 is 0 Å². The van der Waals surface area contributed by atoms with Crippen LogP contribution in [0.4, 0.5) is 8.78 Å². The number of rotatable bonds is 3. The minimum absolute atomic E-state index is 0.248. The molecular formula is C12H14F2N4. The zero-order valence-corrected chi connectivity index (χ0v) is 10.2. The van der Waals surface area contributed by atoms with E-state index >= 15 is 0 Å². The lowest BCUT2D eigenvalue weighted by molar-refractivity contribution is 0.533. The monoisotopic (exact) mass is 252 g/mol. The highest BCUT2D eigenvalue weighted by molar-refractivity contribution is 5.18. The molecule has 0 radical (unpaired) electrons. The van der Waals surface area contributed by atoms with E-state index < -0.39 is 17.2 Å². The quantitative estimate of drug-likeness (QED) is 0.906. The predicted octanol–water partition coefficient (Wildman–Crippen LogP) is 1.80. The van der Waals surface area contributed by atoms with Crippen LogP contribution in [0.2, 0.25) is 0 Å². The summed E-state index contributed by atoms with van der Waals surface area (Å²) in [5.41, 5.74) is 6.39. The predicted molar refractivity (Wildman–Crippen MR) is 62.7 cm³/mol. The van der Waals surface area contributed by atoms with E-state index in [0.717, 1.165) is 6.07 Å². The fourth-order valence-electron chi connectivity index (χ4n) is 1.56. The number of aromatic nitrogens is 3. The van der Waals surface area contributed by atoms with Crippen molar-refractivity contribution in [3.8, 4) is 0 Å². The summed E-state index contributed by atoms with van der Waals surface area (Å²) in [6.07, 6.45) is 1.67. The van der Waals surface area contributed by atoms with Crippen molar-refractivity contribution in [2.24, 2.45) is 5.73 Å². The molecule has 0 atom stereocenters. The van der Waals surface area contributed by atoms with Crippen molar-refractivity contribution in [3.63, 3.8) is 0 Å². The molecule has 0 saturated carbocycles. The van der Waals surface area contributed by atoms with E-state index in [1.807, 2.05) is 13.8 Å². The largest absolute Gasteiger partial charge is 0.320 e. The number of hydrogen-bond acceptors (Lipinski definition) is 3. The van der Waals surface area contributed by atoms with Gasteiger partial charge in [0.25, 0.3) is 0 Å². The maximum atomic E-state index is 13.0. The SMILES string of the molecule is CC(C)(N)c1cn(Cc2cc(F)cc(F)c2)nn1.